The second-order valence-electron chi connectivity index (χ2n) is 3.70. The van der Waals surface area contributed by atoms with Gasteiger partial charge in [0.2, 0.25) is 0 Å². The number of thiazole rings is 1. The summed E-state index contributed by atoms with van der Waals surface area (Å²) in [4.78, 5) is 15.2. The number of benzene rings is 1. The van der Waals surface area contributed by atoms with Crippen LogP contribution in [0.1, 0.15) is 10.5 Å². The van der Waals surface area contributed by atoms with Gasteiger partial charge in [-0.15, -0.1) is 11.3 Å². The first-order valence-electron chi connectivity index (χ1n) is 4.94. The van der Waals surface area contributed by atoms with Gasteiger partial charge in [-0.25, -0.2) is 13.4 Å². The van der Waals surface area contributed by atoms with Gasteiger partial charge in [0, 0.05) is 17.2 Å². The van der Waals surface area contributed by atoms with Gasteiger partial charge < -0.3 is 5.73 Å². The number of amides is 1. The maximum Gasteiger partial charge on any atom is 0.268 e. The molecular weight excluding hydrogens is 272 g/mol. The predicted molar refractivity (Wildman–Crippen MR) is 69.2 cm³/mol. The monoisotopic (exact) mass is 282 g/mol. The molecule has 2 aromatic rings. The fourth-order valence-corrected chi connectivity index (χ4v) is 2.81. The molecule has 7 heteroatoms. The molecule has 2 N–H and O–H groups in total. The van der Waals surface area contributed by atoms with Crippen LogP contribution in [-0.2, 0) is 9.84 Å². The molecule has 0 aliphatic carbocycles. The number of hydrogen-bond donors (Lipinski definition) is 1. The maximum absolute atomic E-state index is 11.3. The number of nitrogens with two attached hydrogens (primary N) is 1. The van der Waals surface area contributed by atoms with Crippen LogP contribution in [0.15, 0.2) is 34.5 Å². The van der Waals surface area contributed by atoms with E-state index < -0.39 is 15.7 Å². The third kappa shape index (κ3) is 2.57. The van der Waals surface area contributed by atoms with Crippen molar-refractivity contribution >= 4 is 27.1 Å². The van der Waals surface area contributed by atoms with E-state index in [1.54, 1.807) is 17.5 Å². The van der Waals surface area contributed by atoms with Crippen molar-refractivity contribution in [1.29, 1.82) is 0 Å². The van der Waals surface area contributed by atoms with E-state index in [4.69, 9.17) is 5.73 Å². The van der Waals surface area contributed by atoms with Crippen molar-refractivity contribution in [2.75, 3.05) is 6.26 Å². The van der Waals surface area contributed by atoms with Gasteiger partial charge in [0.1, 0.15) is 10.7 Å². The largest absolute Gasteiger partial charge is 0.364 e. The highest BCUT2D eigenvalue weighted by atomic mass is 32.2. The standard InChI is InChI=1S/C11H10N2O3S2/c1-18(15,16)8-4-2-7(3-5-8)11-13-9(6-17-11)10(12)14/h2-6H,1H3,(H2,12,14). The van der Waals surface area contributed by atoms with Gasteiger partial charge in [-0.05, 0) is 12.1 Å². The fraction of sp³-hybridized carbons (Fsp3) is 0.0909. The van der Waals surface area contributed by atoms with Gasteiger partial charge in [-0.2, -0.15) is 0 Å². The molecule has 0 atom stereocenters. The first-order valence-corrected chi connectivity index (χ1v) is 7.71. The van der Waals surface area contributed by atoms with Crippen LogP contribution in [0, 0.1) is 0 Å². The lowest BCUT2D eigenvalue weighted by Gasteiger charge is -1.99. The van der Waals surface area contributed by atoms with Crippen LogP contribution >= 0.6 is 11.3 Å². The van der Waals surface area contributed by atoms with E-state index in [9.17, 15) is 13.2 Å². The van der Waals surface area contributed by atoms with Crippen LogP contribution in [0.3, 0.4) is 0 Å². The smallest absolute Gasteiger partial charge is 0.268 e. The predicted octanol–water partition coefficient (Wildman–Crippen LogP) is 1.31. The Balaban J connectivity index is 2.37. The SMILES string of the molecule is CS(=O)(=O)c1ccc(-c2nc(C(N)=O)cs2)cc1. The number of aromatic nitrogens is 1. The Hall–Kier alpha value is -1.73. The number of rotatable bonds is 3. The molecule has 0 saturated carbocycles. The van der Waals surface area contributed by atoms with E-state index in [0.717, 1.165) is 11.8 Å². The first kappa shape index (κ1) is 12.7. The Bertz CT molecular complexity index is 687. The number of primary amides is 1. The molecule has 0 fully saturated rings. The maximum atomic E-state index is 11.3. The Kier molecular flexibility index (Phi) is 3.18. The van der Waals surface area contributed by atoms with Crippen LogP contribution in [0.2, 0.25) is 0 Å². The molecule has 2 rings (SSSR count). The zero-order chi connectivity index (χ0) is 13.3. The van der Waals surface area contributed by atoms with Crippen LogP contribution < -0.4 is 5.73 Å². The molecule has 0 unspecified atom stereocenters. The molecule has 0 saturated heterocycles. The topological polar surface area (TPSA) is 90.1 Å². The minimum atomic E-state index is -3.20. The molecule has 0 spiro atoms. The zero-order valence-electron chi connectivity index (χ0n) is 9.45. The Morgan fingerprint density at radius 2 is 1.89 bits per heavy atom. The summed E-state index contributed by atoms with van der Waals surface area (Å²) in [5.74, 6) is -0.578. The summed E-state index contributed by atoms with van der Waals surface area (Å²) in [6, 6.07) is 6.33. The summed E-state index contributed by atoms with van der Waals surface area (Å²) < 4.78 is 22.6. The highest BCUT2D eigenvalue weighted by Crippen LogP contribution is 2.24. The average molecular weight is 282 g/mol. The summed E-state index contributed by atoms with van der Waals surface area (Å²) in [7, 11) is -3.20. The molecule has 1 heterocycles. The van der Waals surface area contributed by atoms with Gasteiger partial charge >= 0.3 is 0 Å². The van der Waals surface area contributed by atoms with Crippen molar-refractivity contribution in [3.63, 3.8) is 0 Å². The van der Waals surface area contributed by atoms with Gasteiger partial charge in [0.25, 0.3) is 5.91 Å². The van der Waals surface area contributed by atoms with Crippen LogP contribution in [0.4, 0.5) is 0 Å². The Morgan fingerprint density at radius 3 is 2.33 bits per heavy atom. The van der Waals surface area contributed by atoms with Gasteiger partial charge in [-0.3, -0.25) is 4.79 Å². The first-order chi connectivity index (χ1) is 8.38. The van der Waals surface area contributed by atoms with E-state index >= 15 is 0 Å². The molecule has 0 bridgehead atoms. The van der Waals surface area contributed by atoms with Crippen LogP contribution in [0.25, 0.3) is 10.6 Å². The van der Waals surface area contributed by atoms with Crippen molar-refractivity contribution in [2.24, 2.45) is 5.73 Å². The number of hydrogen-bond acceptors (Lipinski definition) is 5. The molecular formula is C11H10N2O3S2. The van der Waals surface area contributed by atoms with E-state index in [-0.39, 0.29) is 10.6 Å². The Morgan fingerprint density at radius 1 is 1.28 bits per heavy atom. The van der Waals surface area contributed by atoms with E-state index in [1.165, 1.54) is 23.5 Å². The number of sulfone groups is 1. The summed E-state index contributed by atoms with van der Waals surface area (Å²) >= 11 is 1.28. The van der Waals surface area contributed by atoms with E-state index in [1.807, 2.05) is 0 Å². The van der Waals surface area contributed by atoms with Gasteiger partial charge in [0.15, 0.2) is 9.84 Å². The molecule has 1 aromatic heterocycles. The van der Waals surface area contributed by atoms with Crippen molar-refractivity contribution in [3.8, 4) is 10.6 Å². The molecule has 94 valence electrons. The second-order valence-corrected chi connectivity index (χ2v) is 6.57. The highest BCUT2D eigenvalue weighted by Gasteiger charge is 2.10. The normalized spacial score (nSPS) is 11.4. The van der Waals surface area contributed by atoms with E-state index in [0.29, 0.717) is 5.01 Å². The third-order valence-corrected chi connectivity index (χ3v) is 4.31. The molecule has 0 radical (unpaired) electrons. The molecule has 0 aliphatic heterocycles. The van der Waals surface area contributed by atoms with Crippen molar-refractivity contribution in [3.05, 3.63) is 35.3 Å². The lowest BCUT2D eigenvalue weighted by Crippen LogP contribution is -2.10. The second kappa shape index (κ2) is 4.51. The van der Waals surface area contributed by atoms with Crippen LogP contribution in [0.5, 0.6) is 0 Å². The number of nitrogens with zero attached hydrogens (tertiary/aromatic N) is 1. The van der Waals surface area contributed by atoms with Crippen molar-refractivity contribution in [2.45, 2.75) is 4.90 Å². The van der Waals surface area contributed by atoms with Crippen molar-refractivity contribution < 1.29 is 13.2 Å². The number of carbonyl (C=O) groups is 1. The molecule has 1 aromatic carbocycles. The molecule has 0 aliphatic rings. The quantitative estimate of drug-likeness (QED) is 0.919. The van der Waals surface area contributed by atoms with Gasteiger partial charge in [0.05, 0.1) is 4.90 Å². The lowest BCUT2D eigenvalue weighted by molar-refractivity contribution is 0.0996. The summed E-state index contributed by atoms with van der Waals surface area (Å²) in [5, 5.41) is 2.20. The van der Waals surface area contributed by atoms with Gasteiger partial charge in [-0.1, -0.05) is 12.1 Å². The zero-order valence-corrected chi connectivity index (χ0v) is 11.1. The minimum Gasteiger partial charge on any atom is -0.364 e. The summed E-state index contributed by atoms with van der Waals surface area (Å²) in [6.45, 7) is 0. The minimum absolute atomic E-state index is 0.210. The molecule has 18 heavy (non-hydrogen) atoms. The average Bonchev–Trinajstić information content (AvgIpc) is 2.77. The Labute approximate surface area is 108 Å². The number of carbonyl (C=O) groups excluding carboxylic acids is 1. The summed E-state index contributed by atoms with van der Waals surface area (Å²) in [6.07, 6.45) is 1.15. The highest BCUT2D eigenvalue weighted by molar-refractivity contribution is 7.90. The van der Waals surface area contributed by atoms with E-state index in [2.05, 4.69) is 4.98 Å². The molecule has 5 nitrogen and oxygen atoms in total. The van der Waals surface area contributed by atoms with Crippen LogP contribution in [-0.4, -0.2) is 25.6 Å². The third-order valence-electron chi connectivity index (χ3n) is 2.29. The summed E-state index contributed by atoms with van der Waals surface area (Å²) in [5.41, 5.74) is 6.07. The molecule has 1 amide bonds. The fourth-order valence-electron chi connectivity index (χ4n) is 1.36. The van der Waals surface area contributed by atoms with Crippen molar-refractivity contribution in [1.82, 2.24) is 4.98 Å². The lowest BCUT2D eigenvalue weighted by atomic mass is 10.2.